The lowest BCUT2D eigenvalue weighted by Gasteiger charge is -2.13. The molecule has 0 fully saturated rings. The number of nitrogens with one attached hydrogen (secondary N) is 2. The van der Waals surface area contributed by atoms with E-state index < -0.39 is 6.10 Å². The normalized spacial score (nSPS) is 12.0. The van der Waals surface area contributed by atoms with Gasteiger partial charge in [0.1, 0.15) is 0 Å². The number of benzene rings is 1. The minimum absolute atomic E-state index is 0.157. The first-order valence-corrected chi connectivity index (χ1v) is 5.82. The molecule has 5 nitrogen and oxygen atoms in total. The number of aryl methyl sites for hydroxylation is 2. The Hall–Kier alpha value is -1.59. The van der Waals surface area contributed by atoms with Crippen molar-refractivity contribution in [3.8, 4) is 0 Å². The van der Waals surface area contributed by atoms with Gasteiger partial charge in [-0.15, -0.1) is 0 Å². The summed E-state index contributed by atoms with van der Waals surface area (Å²) in [6, 6.07) is 5.50. The Morgan fingerprint density at radius 2 is 2.17 bits per heavy atom. The monoisotopic (exact) mass is 252 g/mol. The van der Waals surface area contributed by atoms with E-state index in [4.69, 9.17) is 4.74 Å². The second-order valence-corrected chi connectivity index (χ2v) is 4.26. The minimum Gasteiger partial charge on any atom is -0.389 e. The SMILES string of the molecule is COCC(O)CNC(=O)Nc1cc(C)ccc1C. The third-order valence-corrected chi connectivity index (χ3v) is 2.50. The second kappa shape index (κ2) is 6.98. The molecule has 0 saturated heterocycles. The zero-order valence-electron chi connectivity index (χ0n) is 11.0. The molecule has 1 aromatic rings. The van der Waals surface area contributed by atoms with Crippen LogP contribution in [0.3, 0.4) is 0 Å². The fourth-order valence-corrected chi connectivity index (χ4v) is 1.50. The first-order chi connectivity index (χ1) is 8.52. The molecule has 1 unspecified atom stereocenters. The van der Waals surface area contributed by atoms with Crippen molar-refractivity contribution in [2.45, 2.75) is 20.0 Å². The number of amides is 2. The predicted octanol–water partition coefficient (Wildman–Crippen LogP) is 1.43. The van der Waals surface area contributed by atoms with Crippen molar-refractivity contribution in [3.63, 3.8) is 0 Å². The highest BCUT2D eigenvalue weighted by Crippen LogP contribution is 2.15. The van der Waals surface area contributed by atoms with Crippen molar-refractivity contribution in [1.82, 2.24) is 5.32 Å². The summed E-state index contributed by atoms with van der Waals surface area (Å²) in [7, 11) is 1.50. The molecule has 1 aromatic carbocycles. The highest BCUT2D eigenvalue weighted by Gasteiger charge is 2.07. The standard InChI is InChI=1S/C13H20N2O3/c1-9-4-5-10(2)12(6-9)15-13(17)14-7-11(16)8-18-3/h4-6,11,16H,7-8H2,1-3H3,(H2,14,15,17). The average Bonchev–Trinajstić information content (AvgIpc) is 2.32. The molecule has 18 heavy (non-hydrogen) atoms. The summed E-state index contributed by atoms with van der Waals surface area (Å²) in [6.45, 7) is 4.24. The molecule has 0 radical (unpaired) electrons. The van der Waals surface area contributed by atoms with Crippen LogP contribution < -0.4 is 10.6 Å². The van der Waals surface area contributed by atoms with Gasteiger partial charge in [0.05, 0.1) is 12.7 Å². The predicted molar refractivity (Wildman–Crippen MR) is 70.8 cm³/mol. The summed E-state index contributed by atoms with van der Waals surface area (Å²) >= 11 is 0. The first-order valence-electron chi connectivity index (χ1n) is 5.82. The molecule has 0 spiro atoms. The highest BCUT2D eigenvalue weighted by molar-refractivity contribution is 5.90. The Labute approximate surface area is 107 Å². The summed E-state index contributed by atoms with van der Waals surface area (Å²) in [5, 5.41) is 14.7. The Kier molecular flexibility index (Phi) is 5.61. The minimum atomic E-state index is -0.695. The Morgan fingerprint density at radius 1 is 1.44 bits per heavy atom. The summed E-state index contributed by atoms with van der Waals surface area (Å²) in [5.74, 6) is 0. The number of aliphatic hydroxyl groups excluding tert-OH is 1. The van der Waals surface area contributed by atoms with Crippen LogP contribution in [0.5, 0.6) is 0 Å². The zero-order valence-corrected chi connectivity index (χ0v) is 11.0. The number of rotatable bonds is 5. The lowest BCUT2D eigenvalue weighted by atomic mass is 10.1. The molecule has 3 N–H and O–H groups in total. The maximum atomic E-state index is 11.6. The van der Waals surface area contributed by atoms with Crippen molar-refractivity contribution in [1.29, 1.82) is 0 Å². The molecule has 0 saturated carbocycles. The van der Waals surface area contributed by atoms with Gasteiger partial charge in [0.15, 0.2) is 0 Å². The number of ether oxygens (including phenoxy) is 1. The van der Waals surface area contributed by atoms with Crippen molar-refractivity contribution in [2.24, 2.45) is 0 Å². The van der Waals surface area contributed by atoms with Crippen LogP contribution in [0.1, 0.15) is 11.1 Å². The summed E-state index contributed by atoms with van der Waals surface area (Å²) in [4.78, 5) is 11.6. The van der Waals surface area contributed by atoms with Crippen LogP contribution in [0.4, 0.5) is 10.5 Å². The van der Waals surface area contributed by atoms with E-state index in [0.29, 0.717) is 0 Å². The number of methoxy groups -OCH3 is 1. The number of carbonyl (C=O) groups excluding carboxylic acids is 1. The summed E-state index contributed by atoms with van der Waals surface area (Å²) in [6.07, 6.45) is -0.695. The van der Waals surface area contributed by atoms with Crippen molar-refractivity contribution in [2.75, 3.05) is 25.6 Å². The number of aliphatic hydroxyl groups is 1. The molecule has 0 aliphatic heterocycles. The molecule has 0 bridgehead atoms. The Morgan fingerprint density at radius 3 is 2.83 bits per heavy atom. The molecule has 0 aliphatic rings. The fraction of sp³-hybridized carbons (Fsp3) is 0.462. The lowest BCUT2D eigenvalue weighted by molar-refractivity contribution is 0.0663. The Balaban J connectivity index is 2.47. The van der Waals surface area contributed by atoms with E-state index in [0.717, 1.165) is 16.8 Å². The third kappa shape index (κ3) is 4.73. The smallest absolute Gasteiger partial charge is 0.319 e. The number of hydrogen-bond donors (Lipinski definition) is 3. The van der Waals surface area contributed by atoms with Crippen LogP contribution >= 0.6 is 0 Å². The van der Waals surface area contributed by atoms with Crippen molar-refractivity contribution < 1.29 is 14.6 Å². The van der Waals surface area contributed by atoms with Gasteiger partial charge in [-0.1, -0.05) is 12.1 Å². The summed E-state index contributed by atoms with van der Waals surface area (Å²) < 4.78 is 4.77. The van der Waals surface area contributed by atoms with Crippen LogP contribution in [0.15, 0.2) is 18.2 Å². The van der Waals surface area contributed by atoms with Crippen LogP contribution in [-0.4, -0.2) is 37.5 Å². The van der Waals surface area contributed by atoms with Gasteiger partial charge in [-0.25, -0.2) is 4.79 Å². The van der Waals surface area contributed by atoms with Gasteiger partial charge in [0.25, 0.3) is 0 Å². The molecule has 1 rings (SSSR count). The molecule has 100 valence electrons. The van der Waals surface area contributed by atoms with E-state index in [1.54, 1.807) is 0 Å². The molecule has 0 aliphatic carbocycles. The van der Waals surface area contributed by atoms with E-state index in [9.17, 15) is 9.90 Å². The van der Waals surface area contributed by atoms with E-state index in [-0.39, 0.29) is 19.2 Å². The fourth-order valence-electron chi connectivity index (χ4n) is 1.50. The maximum absolute atomic E-state index is 11.6. The quantitative estimate of drug-likeness (QED) is 0.742. The molecule has 0 aromatic heterocycles. The van der Waals surface area contributed by atoms with E-state index in [2.05, 4.69) is 10.6 Å². The van der Waals surface area contributed by atoms with E-state index >= 15 is 0 Å². The van der Waals surface area contributed by atoms with Gasteiger partial charge in [-0.3, -0.25) is 0 Å². The van der Waals surface area contributed by atoms with E-state index in [1.807, 2.05) is 32.0 Å². The zero-order chi connectivity index (χ0) is 13.5. The number of urea groups is 1. The largest absolute Gasteiger partial charge is 0.389 e. The van der Waals surface area contributed by atoms with Gasteiger partial charge in [-0.2, -0.15) is 0 Å². The molecular weight excluding hydrogens is 232 g/mol. The highest BCUT2D eigenvalue weighted by atomic mass is 16.5. The number of anilines is 1. The second-order valence-electron chi connectivity index (χ2n) is 4.26. The van der Waals surface area contributed by atoms with Gasteiger partial charge < -0.3 is 20.5 Å². The lowest BCUT2D eigenvalue weighted by Crippen LogP contribution is -2.37. The first kappa shape index (κ1) is 14.5. The third-order valence-electron chi connectivity index (χ3n) is 2.50. The van der Waals surface area contributed by atoms with Crippen molar-refractivity contribution >= 4 is 11.7 Å². The van der Waals surface area contributed by atoms with Crippen LogP contribution in [0, 0.1) is 13.8 Å². The maximum Gasteiger partial charge on any atom is 0.319 e. The van der Waals surface area contributed by atoms with Crippen LogP contribution in [-0.2, 0) is 4.74 Å². The molecular formula is C13H20N2O3. The van der Waals surface area contributed by atoms with Crippen LogP contribution in [0.2, 0.25) is 0 Å². The molecule has 2 amide bonds. The number of hydrogen-bond acceptors (Lipinski definition) is 3. The van der Waals surface area contributed by atoms with Gasteiger partial charge >= 0.3 is 6.03 Å². The average molecular weight is 252 g/mol. The van der Waals surface area contributed by atoms with E-state index in [1.165, 1.54) is 7.11 Å². The number of carbonyl (C=O) groups is 1. The van der Waals surface area contributed by atoms with Gasteiger partial charge in [0, 0.05) is 19.3 Å². The van der Waals surface area contributed by atoms with Gasteiger partial charge in [-0.05, 0) is 31.0 Å². The van der Waals surface area contributed by atoms with Crippen LogP contribution in [0.25, 0.3) is 0 Å². The van der Waals surface area contributed by atoms with Gasteiger partial charge in [0.2, 0.25) is 0 Å². The topological polar surface area (TPSA) is 70.6 Å². The molecule has 5 heteroatoms. The summed E-state index contributed by atoms with van der Waals surface area (Å²) in [5.41, 5.74) is 2.84. The molecule has 1 atom stereocenters. The Bertz CT molecular complexity index is 407. The molecule has 0 heterocycles. The van der Waals surface area contributed by atoms with Crippen molar-refractivity contribution in [3.05, 3.63) is 29.3 Å².